The Labute approximate surface area is 131 Å². The van der Waals surface area contributed by atoms with E-state index in [1.165, 1.54) is 37.1 Å². The van der Waals surface area contributed by atoms with Gasteiger partial charge in [0.15, 0.2) is 0 Å². The van der Waals surface area contributed by atoms with Crippen LogP contribution in [0.5, 0.6) is 0 Å². The number of rotatable bonds is 3. The van der Waals surface area contributed by atoms with Gasteiger partial charge in [-0.3, -0.25) is 19.7 Å². The Kier molecular flexibility index (Phi) is 3.42. The van der Waals surface area contributed by atoms with Crippen molar-refractivity contribution in [3.05, 3.63) is 28.6 Å². The predicted molar refractivity (Wildman–Crippen MR) is 84.1 cm³/mol. The number of carbonyl (C=O) groups excluding carboxylic acids is 1. The lowest BCUT2D eigenvalue weighted by Crippen LogP contribution is -2.33. The summed E-state index contributed by atoms with van der Waals surface area (Å²) in [5.41, 5.74) is 4.05. The zero-order valence-electron chi connectivity index (χ0n) is 13.2. The van der Waals surface area contributed by atoms with Crippen molar-refractivity contribution in [1.29, 1.82) is 0 Å². The van der Waals surface area contributed by atoms with Crippen LogP contribution in [0, 0.1) is 0 Å². The third-order valence-corrected chi connectivity index (χ3v) is 5.33. The number of nitrogens with zero attached hydrogens (tertiary/aromatic N) is 3. The van der Waals surface area contributed by atoms with Crippen molar-refractivity contribution in [2.24, 2.45) is 5.84 Å². The Morgan fingerprint density at radius 2 is 2.00 bits per heavy atom. The first kappa shape index (κ1) is 14.2. The maximum Gasteiger partial charge on any atom is 0.268 e. The minimum atomic E-state index is -0.0496. The molecular formula is C17H24N4O. The predicted octanol–water partition coefficient (Wildman–Crippen LogP) is 2.34. The van der Waals surface area contributed by atoms with Crippen LogP contribution >= 0.6 is 0 Å². The van der Waals surface area contributed by atoms with E-state index in [1.54, 1.807) is 0 Å². The topological polar surface area (TPSA) is 62.5 Å². The molecule has 1 unspecified atom stereocenters. The molecule has 2 aliphatic heterocycles. The fraction of sp³-hybridized carbons (Fsp3) is 0.647. The highest BCUT2D eigenvalue weighted by Crippen LogP contribution is 2.43. The molecule has 5 nitrogen and oxygen atoms in total. The lowest BCUT2D eigenvalue weighted by atomic mass is 10.0. The van der Waals surface area contributed by atoms with Gasteiger partial charge in [0, 0.05) is 28.8 Å². The first-order valence-electron chi connectivity index (χ1n) is 8.49. The first-order chi connectivity index (χ1) is 10.6. The van der Waals surface area contributed by atoms with Gasteiger partial charge in [-0.25, -0.2) is 5.84 Å². The Morgan fingerprint density at radius 3 is 2.68 bits per heavy atom. The third-order valence-electron chi connectivity index (χ3n) is 5.33. The smallest absolute Gasteiger partial charge is 0.268 e. The number of pyridine rings is 1. The number of likely N-dealkylation sites (tertiary alicyclic amines) is 1. The second kappa shape index (κ2) is 5.32. The molecule has 1 aromatic heterocycles. The molecule has 3 heterocycles. The van der Waals surface area contributed by atoms with E-state index in [0.717, 1.165) is 35.6 Å². The summed E-state index contributed by atoms with van der Waals surface area (Å²) in [5.74, 6) is 6.33. The molecule has 1 atom stereocenters. The number of hydrogen-bond acceptors (Lipinski definition) is 4. The molecule has 2 N–H and O–H groups in total. The summed E-state index contributed by atoms with van der Waals surface area (Å²) < 4.78 is 0. The van der Waals surface area contributed by atoms with E-state index < -0.39 is 0 Å². The fourth-order valence-corrected chi connectivity index (χ4v) is 3.77. The van der Waals surface area contributed by atoms with Crippen molar-refractivity contribution in [2.45, 2.75) is 57.5 Å². The second-order valence-electron chi connectivity index (χ2n) is 6.94. The number of carbonyl (C=O) groups is 1. The SMILES string of the molecule is CC(c1cc2c(c(C3CC3)n1)CN(N)C2=O)N1CCCCC1. The standard InChI is InChI=1S/C17H24N4O/c1-11(20-7-3-2-4-8-20)15-9-13-14(10-21(18)17(13)22)16(19-15)12-5-6-12/h9,11-12H,2-8,10,18H2,1H3. The van der Waals surface area contributed by atoms with Crippen LogP contribution in [0.3, 0.4) is 0 Å². The summed E-state index contributed by atoms with van der Waals surface area (Å²) in [5, 5.41) is 1.33. The van der Waals surface area contributed by atoms with Gasteiger partial charge < -0.3 is 0 Å². The molecule has 1 saturated heterocycles. The molecule has 0 radical (unpaired) electrons. The summed E-state index contributed by atoms with van der Waals surface area (Å²) in [6, 6.07) is 2.28. The maximum atomic E-state index is 12.3. The molecule has 0 spiro atoms. The van der Waals surface area contributed by atoms with Crippen LogP contribution in [0.1, 0.15) is 78.3 Å². The highest BCUT2D eigenvalue weighted by molar-refractivity contribution is 5.98. The largest absolute Gasteiger partial charge is 0.295 e. The van der Waals surface area contributed by atoms with Gasteiger partial charge in [0.05, 0.1) is 12.2 Å². The van der Waals surface area contributed by atoms with Gasteiger partial charge in [-0.2, -0.15) is 0 Å². The molecule has 4 rings (SSSR count). The monoisotopic (exact) mass is 300 g/mol. The Morgan fingerprint density at radius 1 is 1.27 bits per heavy atom. The molecule has 5 heteroatoms. The highest BCUT2D eigenvalue weighted by Gasteiger charge is 2.36. The molecule has 1 saturated carbocycles. The molecule has 0 bridgehead atoms. The normalized spacial score (nSPS) is 23.7. The number of piperidine rings is 1. The van der Waals surface area contributed by atoms with Gasteiger partial charge in [0.25, 0.3) is 5.91 Å². The van der Waals surface area contributed by atoms with Crippen LogP contribution in [0.15, 0.2) is 6.07 Å². The number of nitrogens with two attached hydrogens (primary N) is 1. The van der Waals surface area contributed by atoms with Gasteiger partial charge in [-0.15, -0.1) is 0 Å². The summed E-state index contributed by atoms with van der Waals surface area (Å²) in [4.78, 5) is 19.8. The molecule has 1 amide bonds. The molecule has 2 fully saturated rings. The average Bonchev–Trinajstić information content (AvgIpc) is 3.35. The number of amides is 1. The minimum Gasteiger partial charge on any atom is -0.295 e. The molecule has 3 aliphatic rings. The summed E-state index contributed by atoms with van der Waals surface area (Å²) in [6.07, 6.45) is 6.24. The van der Waals surface area contributed by atoms with Crippen molar-refractivity contribution in [1.82, 2.24) is 14.9 Å². The van der Waals surface area contributed by atoms with Crippen LogP contribution in [0.2, 0.25) is 0 Å². The lowest BCUT2D eigenvalue weighted by molar-refractivity contribution is 0.0778. The van der Waals surface area contributed by atoms with Crippen molar-refractivity contribution in [3.63, 3.8) is 0 Å². The number of fused-ring (bicyclic) bond motifs is 1. The van der Waals surface area contributed by atoms with Crippen LogP contribution < -0.4 is 5.84 Å². The average molecular weight is 300 g/mol. The summed E-state index contributed by atoms with van der Waals surface area (Å²) in [7, 11) is 0. The van der Waals surface area contributed by atoms with E-state index in [1.807, 2.05) is 6.07 Å². The van der Waals surface area contributed by atoms with E-state index in [9.17, 15) is 4.79 Å². The van der Waals surface area contributed by atoms with Gasteiger partial charge >= 0.3 is 0 Å². The lowest BCUT2D eigenvalue weighted by Gasteiger charge is -2.32. The van der Waals surface area contributed by atoms with E-state index in [4.69, 9.17) is 10.8 Å². The van der Waals surface area contributed by atoms with Crippen molar-refractivity contribution < 1.29 is 4.79 Å². The van der Waals surface area contributed by atoms with E-state index in [-0.39, 0.29) is 11.9 Å². The van der Waals surface area contributed by atoms with Crippen molar-refractivity contribution in [2.75, 3.05) is 13.1 Å². The van der Waals surface area contributed by atoms with Gasteiger partial charge in [0.1, 0.15) is 0 Å². The molecule has 1 aliphatic carbocycles. The Hall–Kier alpha value is -1.46. The van der Waals surface area contributed by atoms with Crippen LogP contribution in [-0.4, -0.2) is 33.9 Å². The fourth-order valence-electron chi connectivity index (χ4n) is 3.77. The van der Waals surface area contributed by atoms with Crippen LogP contribution in [0.25, 0.3) is 0 Å². The van der Waals surface area contributed by atoms with Gasteiger partial charge in [-0.1, -0.05) is 6.42 Å². The zero-order valence-corrected chi connectivity index (χ0v) is 13.2. The van der Waals surface area contributed by atoms with Gasteiger partial charge in [0.2, 0.25) is 0 Å². The minimum absolute atomic E-state index is 0.0496. The second-order valence-corrected chi connectivity index (χ2v) is 6.94. The van der Waals surface area contributed by atoms with Crippen LogP contribution in [-0.2, 0) is 6.54 Å². The summed E-state index contributed by atoms with van der Waals surface area (Å²) in [6.45, 7) is 5.01. The Balaban J connectivity index is 1.71. The first-order valence-corrected chi connectivity index (χ1v) is 8.49. The van der Waals surface area contributed by atoms with Crippen molar-refractivity contribution >= 4 is 5.91 Å². The van der Waals surface area contributed by atoms with Gasteiger partial charge in [-0.05, 0) is 51.8 Å². The molecule has 22 heavy (non-hydrogen) atoms. The van der Waals surface area contributed by atoms with E-state index in [0.29, 0.717) is 12.5 Å². The molecule has 1 aromatic rings. The third kappa shape index (κ3) is 2.32. The van der Waals surface area contributed by atoms with Crippen molar-refractivity contribution in [3.8, 4) is 0 Å². The molecular weight excluding hydrogens is 276 g/mol. The number of hydrazine groups is 1. The quantitative estimate of drug-likeness (QED) is 0.687. The summed E-state index contributed by atoms with van der Waals surface area (Å²) >= 11 is 0. The highest BCUT2D eigenvalue weighted by atomic mass is 16.2. The number of aromatic nitrogens is 1. The molecule has 118 valence electrons. The number of hydrogen-bond donors (Lipinski definition) is 1. The molecule has 0 aromatic carbocycles. The van der Waals surface area contributed by atoms with Crippen LogP contribution in [0.4, 0.5) is 0 Å². The van der Waals surface area contributed by atoms with E-state index >= 15 is 0 Å². The Bertz CT molecular complexity index is 605. The van der Waals surface area contributed by atoms with E-state index in [2.05, 4.69) is 11.8 Å². The zero-order chi connectivity index (χ0) is 15.3. The maximum absolute atomic E-state index is 12.3.